The predicted molar refractivity (Wildman–Crippen MR) is 129 cm³/mol. The smallest absolute Gasteiger partial charge is 0.313 e. The predicted octanol–water partition coefficient (Wildman–Crippen LogP) is 4.07. The number of halogens is 1. The molecule has 7 heteroatoms. The standard InChI is InChI=1S/C26H23ClN4O2/c27-22-8-7-20(16-28)24(15-22)30-26(33)25(32)29-13-11-18-5-9-23(10-6-18)31-14-12-19-3-1-2-4-21(19)17-31/h1-10,15H,11-14,17H2,(H,29,32)(H,30,33). The second-order valence-corrected chi connectivity index (χ2v) is 8.30. The second kappa shape index (κ2) is 10.2. The van der Waals surface area contributed by atoms with Crippen LogP contribution in [-0.2, 0) is 29.0 Å². The number of nitrogens with zero attached hydrogens (tertiary/aromatic N) is 2. The number of rotatable bonds is 5. The van der Waals surface area contributed by atoms with Crippen LogP contribution in [-0.4, -0.2) is 24.9 Å². The van der Waals surface area contributed by atoms with Crippen molar-refractivity contribution in [2.75, 3.05) is 23.3 Å². The lowest BCUT2D eigenvalue weighted by molar-refractivity contribution is -0.136. The summed E-state index contributed by atoms with van der Waals surface area (Å²) in [5, 5.41) is 14.5. The summed E-state index contributed by atoms with van der Waals surface area (Å²) in [4.78, 5) is 26.7. The molecule has 3 aromatic rings. The van der Waals surface area contributed by atoms with E-state index in [-0.39, 0.29) is 11.3 Å². The van der Waals surface area contributed by atoms with Gasteiger partial charge in [0.2, 0.25) is 0 Å². The van der Waals surface area contributed by atoms with Crippen molar-refractivity contribution in [3.8, 4) is 6.07 Å². The molecule has 0 bridgehead atoms. The second-order valence-electron chi connectivity index (χ2n) is 7.87. The highest BCUT2D eigenvalue weighted by atomic mass is 35.5. The summed E-state index contributed by atoms with van der Waals surface area (Å²) in [7, 11) is 0. The lowest BCUT2D eigenvalue weighted by Crippen LogP contribution is -2.36. The zero-order chi connectivity index (χ0) is 23.2. The Morgan fingerprint density at radius 2 is 1.76 bits per heavy atom. The molecular weight excluding hydrogens is 436 g/mol. The first kappa shape index (κ1) is 22.4. The topological polar surface area (TPSA) is 85.2 Å². The minimum Gasteiger partial charge on any atom is -0.367 e. The third-order valence-corrected chi connectivity index (χ3v) is 5.92. The average molecular weight is 459 g/mol. The first-order valence-electron chi connectivity index (χ1n) is 10.7. The maximum atomic E-state index is 12.2. The first-order chi connectivity index (χ1) is 16.0. The Bertz CT molecular complexity index is 1220. The van der Waals surface area contributed by atoms with Gasteiger partial charge in [-0.25, -0.2) is 0 Å². The van der Waals surface area contributed by atoms with Crippen molar-refractivity contribution in [3.05, 3.63) is 94.0 Å². The zero-order valence-corrected chi connectivity index (χ0v) is 18.7. The highest BCUT2D eigenvalue weighted by molar-refractivity contribution is 6.40. The quantitative estimate of drug-likeness (QED) is 0.564. The number of hydrogen-bond donors (Lipinski definition) is 2. The fourth-order valence-corrected chi connectivity index (χ4v) is 4.06. The van der Waals surface area contributed by atoms with Gasteiger partial charge < -0.3 is 15.5 Å². The molecule has 1 aliphatic rings. The number of amides is 2. The Morgan fingerprint density at radius 1 is 1.00 bits per heavy atom. The van der Waals surface area contributed by atoms with E-state index in [9.17, 15) is 9.59 Å². The summed E-state index contributed by atoms with van der Waals surface area (Å²) in [6.07, 6.45) is 1.64. The average Bonchev–Trinajstić information content (AvgIpc) is 2.84. The molecule has 166 valence electrons. The minimum absolute atomic E-state index is 0.209. The Hall–Kier alpha value is -3.82. The van der Waals surface area contributed by atoms with Gasteiger partial charge in [0, 0.05) is 30.3 Å². The maximum Gasteiger partial charge on any atom is 0.313 e. The molecule has 0 aromatic heterocycles. The van der Waals surface area contributed by atoms with E-state index in [0.29, 0.717) is 18.0 Å². The molecule has 1 aliphatic heterocycles. The lowest BCUT2D eigenvalue weighted by Gasteiger charge is -2.30. The van der Waals surface area contributed by atoms with Gasteiger partial charge in [-0.3, -0.25) is 9.59 Å². The van der Waals surface area contributed by atoms with Gasteiger partial charge in [0.15, 0.2) is 0 Å². The molecule has 1 heterocycles. The molecule has 2 N–H and O–H groups in total. The zero-order valence-electron chi connectivity index (χ0n) is 18.0. The number of carbonyl (C=O) groups is 2. The molecule has 0 saturated heterocycles. The van der Waals surface area contributed by atoms with E-state index in [1.807, 2.05) is 18.2 Å². The van der Waals surface area contributed by atoms with Crippen LogP contribution >= 0.6 is 11.6 Å². The number of fused-ring (bicyclic) bond motifs is 1. The van der Waals surface area contributed by atoms with E-state index in [2.05, 4.69) is 51.9 Å². The molecule has 4 rings (SSSR count). The number of benzene rings is 3. The molecule has 0 unspecified atom stereocenters. The van der Waals surface area contributed by atoms with Crippen molar-refractivity contribution in [1.82, 2.24) is 5.32 Å². The monoisotopic (exact) mass is 458 g/mol. The van der Waals surface area contributed by atoms with Crippen LogP contribution in [0.5, 0.6) is 0 Å². The minimum atomic E-state index is -0.838. The third-order valence-electron chi connectivity index (χ3n) is 5.69. The normalized spacial score (nSPS) is 12.4. The summed E-state index contributed by atoms with van der Waals surface area (Å²) in [5.74, 6) is -1.60. The molecule has 0 saturated carbocycles. The fraction of sp³-hybridized carbons (Fsp3) is 0.192. The Labute approximate surface area is 197 Å². The van der Waals surface area contributed by atoms with E-state index in [4.69, 9.17) is 16.9 Å². The third kappa shape index (κ3) is 5.51. The van der Waals surface area contributed by atoms with Gasteiger partial charge in [0.05, 0.1) is 11.3 Å². The molecule has 0 aliphatic carbocycles. The van der Waals surface area contributed by atoms with Crippen LogP contribution in [0.15, 0.2) is 66.7 Å². The van der Waals surface area contributed by atoms with E-state index in [0.717, 1.165) is 25.1 Å². The van der Waals surface area contributed by atoms with Crippen molar-refractivity contribution in [1.29, 1.82) is 5.26 Å². The molecule has 2 amide bonds. The van der Waals surface area contributed by atoms with Crippen molar-refractivity contribution < 1.29 is 9.59 Å². The van der Waals surface area contributed by atoms with Crippen LogP contribution in [0.4, 0.5) is 11.4 Å². The van der Waals surface area contributed by atoms with Gasteiger partial charge >= 0.3 is 11.8 Å². The Balaban J connectivity index is 1.27. The number of nitriles is 1. The largest absolute Gasteiger partial charge is 0.367 e. The molecule has 0 spiro atoms. The Kier molecular flexibility index (Phi) is 6.92. The summed E-state index contributed by atoms with van der Waals surface area (Å²) in [6.45, 7) is 2.21. The van der Waals surface area contributed by atoms with Crippen LogP contribution in [0.25, 0.3) is 0 Å². The van der Waals surface area contributed by atoms with Crippen LogP contribution in [0.3, 0.4) is 0 Å². The Morgan fingerprint density at radius 3 is 2.52 bits per heavy atom. The summed E-state index contributed by atoms with van der Waals surface area (Å²) in [6, 6.07) is 23.3. The van der Waals surface area contributed by atoms with E-state index in [1.165, 1.54) is 28.9 Å². The molecule has 0 atom stereocenters. The first-order valence-corrected chi connectivity index (χ1v) is 11.1. The van der Waals surface area contributed by atoms with Crippen molar-refractivity contribution in [3.63, 3.8) is 0 Å². The molecule has 3 aromatic carbocycles. The van der Waals surface area contributed by atoms with Gasteiger partial charge in [-0.15, -0.1) is 0 Å². The van der Waals surface area contributed by atoms with Gasteiger partial charge in [-0.1, -0.05) is 48.0 Å². The van der Waals surface area contributed by atoms with E-state index in [1.54, 1.807) is 6.07 Å². The van der Waals surface area contributed by atoms with Crippen LogP contribution in [0.2, 0.25) is 5.02 Å². The molecule has 0 fully saturated rings. The lowest BCUT2D eigenvalue weighted by atomic mass is 9.99. The van der Waals surface area contributed by atoms with Crippen molar-refractivity contribution >= 4 is 34.8 Å². The van der Waals surface area contributed by atoms with Crippen molar-refractivity contribution in [2.45, 2.75) is 19.4 Å². The number of nitrogens with one attached hydrogen (secondary N) is 2. The summed E-state index contributed by atoms with van der Waals surface area (Å²) < 4.78 is 0. The molecule has 33 heavy (non-hydrogen) atoms. The fourth-order valence-electron chi connectivity index (χ4n) is 3.89. The SMILES string of the molecule is N#Cc1ccc(Cl)cc1NC(=O)C(=O)NCCc1ccc(N2CCc3ccccc3C2)cc1. The number of hydrogen-bond acceptors (Lipinski definition) is 4. The number of anilines is 2. The summed E-state index contributed by atoms with van der Waals surface area (Å²) in [5.41, 5.74) is 5.47. The molecule has 6 nitrogen and oxygen atoms in total. The summed E-state index contributed by atoms with van der Waals surface area (Å²) >= 11 is 5.91. The van der Waals surface area contributed by atoms with Gasteiger partial charge in [-0.2, -0.15) is 5.26 Å². The van der Waals surface area contributed by atoms with E-state index < -0.39 is 11.8 Å². The highest BCUT2D eigenvalue weighted by Gasteiger charge is 2.17. The van der Waals surface area contributed by atoms with Gasteiger partial charge in [0.25, 0.3) is 0 Å². The van der Waals surface area contributed by atoms with Gasteiger partial charge in [0.1, 0.15) is 6.07 Å². The number of carbonyl (C=O) groups excluding carboxylic acids is 2. The van der Waals surface area contributed by atoms with E-state index >= 15 is 0 Å². The molecule has 0 radical (unpaired) electrons. The van der Waals surface area contributed by atoms with Gasteiger partial charge in [-0.05, 0) is 59.9 Å². The van der Waals surface area contributed by atoms with Crippen LogP contribution in [0, 0.1) is 11.3 Å². The van der Waals surface area contributed by atoms with Crippen molar-refractivity contribution in [2.24, 2.45) is 0 Å². The van der Waals surface area contributed by atoms with Crippen LogP contribution in [0.1, 0.15) is 22.3 Å². The highest BCUT2D eigenvalue weighted by Crippen LogP contribution is 2.25. The molecular formula is C26H23ClN4O2. The van der Waals surface area contributed by atoms with Crippen LogP contribution < -0.4 is 15.5 Å². The maximum absolute atomic E-state index is 12.2.